The van der Waals surface area contributed by atoms with Crippen molar-refractivity contribution in [1.82, 2.24) is 4.90 Å². The molecule has 102 valence electrons. The van der Waals surface area contributed by atoms with Crippen molar-refractivity contribution in [2.75, 3.05) is 13.1 Å². The Hall–Kier alpha value is -1.68. The van der Waals surface area contributed by atoms with Gasteiger partial charge >= 0.3 is 0 Å². The molecule has 0 fully saturated rings. The minimum Gasteiger partial charge on any atom is -0.334 e. The average molecular weight is 260 g/mol. The van der Waals surface area contributed by atoms with Gasteiger partial charge in [0, 0.05) is 13.0 Å². The highest BCUT2D eigenvalue weighted by atomic mass is 16.2. The molecule has 4 nitrogen and oxygen atoms in total. The van der Waals surface area contributed by atoms with Crippen molar-refractivity contribution in [1.29, 1.82) is 0 Å². The lowest BCUT2D eigenvalue weighted by atomic mass is 9.87. The smallest absolute Gasteiger partial charge is 0.236 e. The first-order valence-electron chi connectivity index (χ1n) is 6.62. The van der Waals surface area contributed by atoms with Crippen LogP contribution < -0.4 is 5.73 Å². The summed E-state index contributed by atoms with van der Waals surface area (Å²) in [5.41, 5.74) is 9.07. The van der Waals surface area contributed by atoms with E-state index >= 15 is 0 Å². The molecule has 1 aromatic carbocycles. The molecule has 0 bridgehead atoms. The van der Waals surface area contributed by atoms with Crippen LogP contribution in [0, 0.1) is 6.92 Å². The molecule has 2 rings (SSSR count). The number of hydrogen-bond acceptors (Lipinski definition) is 3. The van der Waals surface area contributed by atoms with Gasteiger partial charge in [-0.25, -0.2) is 0 Å². The fourth-order valence-corrected chi connectivity index (χ4v) is 2.84. The lowest BCUT2D eigenvalue weighted by molar-refractivity contribution is -0.133. The number of ketones is 1. The summed E-state index contributed by atoms with van der Waals surface area (Å²) in [6.45, 7) is 4.28. The van der Waals surface area contributed by atoms with Crippen LogP contribution in [0.1, 0.15) is 36.1 Å². The summed E-state index contributed by atoms with van der Waals surface area (Å²) in [5.74, 6) is 0.00702. The van der Waals surface area contributed by atoms with Crippen LogP contribution in [-0.4, -0.2) is 29.7 Å². The van der Waals surface area contributed by atoms with Crippen LogP contribution in [0.3, 0.4) is 0 Å². The third-order valence-corrected chi connectivity index (χ3v) is 3.76. The summed E-state index contributed by atoms with van der Waals surface area (Å²) in [6, 6.07) is 5.92. The van der Waals surface area contributed by atoms with Crippen molar-refractivity contribution < 1.29 is 9.59 Å². The molecule has 19 heavy (non-hydrogen) atoms. The van der Waals surface area contributed by atoms with E-state index in [1.807, 2.05) is 12.1 Å². The number of amides is 1. The summed E-state index contributed by atoms with van der Waals surface area (Å²) >= 11 is 0. The molecule has 0 aromatic heterocycles. The molecule has 0 saturated carbocycles. The minimum atomic E-state index is -0.155. The van der Waals surface area contributed by atoms with Crippen molar-refractivity contribution in [3.63, 3.8) is 0 Å². The lowest BCUT2D eigenvalue weighted by Gasteiger charge is -2.37. The number of hydrogen-bond donors (Lipinski definition) is 1. The molecule has 1 unspecified atom stereocenters. The van der Waals surface area contributed by atoms with Crippen LogP contribution in [0.2, 0.25) is 0 Å². The molecule has 0 spiro atoms. The van der Waals surface area contributed by atoms with Gasteiger partial charge in [-0.1, -0.05) is 18.2 Å². The van der Waals surface area contributed by atoms with Crippen LogP contribution in [0.15, 0.2) is 18.2 Å². The minimum absolute atomic E-state index is 0.00441. The number of benzene rings is 1. The SMILES string of the molecule is CC(=O)CC1c2cccc(C)c2CCN1C(=O)CN. The van der Waals surface area contributed by atoms with Gasteiger partial charge in [0.05, 0.1) is 12.6 Å². The Kier molecular flexibility index (Phi) is 4.00. The predicted molar refractivity (Wildman–Crippen MR) is 73.7 cm³/mol. The normalized spacial score (nSPS) is 18.1. The van der Waals surface area contributed by atoms with Crippen molar-refractivity contribution in [2.45, 2.75) is 32.7 Å². The third-order valence-electron chi connectivity index (χ3n) is 3.76. The number of rotatable bonds is 3. The Morgan fingerprint density at radius 3 is 2.79 bits per heavy atom. The Bertz CT molecular complexity index is 511. The zero-order valence-electron chi connectivity index (χ0n) is 11.5. The molecule has 1 aliphatic heterocycles. The maximum absolute atomic E-state index is 11.9. The zero-order chi connectivity index (χ0) is 14.0. The highest BCUT2D eigenvalue weighted by Crippen LogP contribution is 2.33. The standard InChI is InChI=1S/C15H20N2O2/c1-10-4-3-5-13-12(10)6-7-17(15(19)9-16)14(13)8-11(2)18/h3-5,14H,6-9,16H2,1-2H3. The summed E-state index contributed by atoms with van der Waals surface area (Å²) < 4.78 is 0. The molecule has 1 amide bonds. The maximum atomic E-state index is 11.9. The molecule has 4 heteroatoms. The monoisotopic (exact) mass is 260 g/mol. The van der Waals surface area contributed by atoms with E-state index in [1.54, 1.807) is 11.8 Å². The second kappa shape index (κ2) is 5.53. The topological polar surface area (TPSA) is 63.4 Å². The van der Waals surface area contributed by atoms with Crippen molar-refractivity contribution in [3.05, 3.63) is 34.9 Å². The quantitative estimate of drug-likeness (QED) is 0.892. The summed E-state index contributed by atoms with van der Waals surface area (Å²) in [6.07, 6.45) is 1.20. The first-order chi connectivity index (χ1) is 9.04. The second-order valence-corrected chi connectivity index (χ2v) is 5.11. The maximum Gasteiger partial charge on any atom is 0.236 e. The molecule has 0 radical (unpaired) electrons. The summed E-state index contributed by atoms with van der Waals surface area (Å²) in [4.78, 5) is 25.2. The van der Waals surface area contributed by atoms with Crippen LogP contribution in [0.5, 0.6) is 0 Å². The zero-order valence-corrected chi connectivity index (χ0v) is 11.5. The molecule has 1 aliphatic rings. The Morgan fingerprint density at radius 1 is 1.42 bits per heavy atom. The van der Waals surface area contributed by atoms with E-state index in [0.29, 0.717) is 13.0 Å². The second-order valence-electron chi connectivity index (χ2n) is 5.11. The molecule has 1 aromatic rings. The molecule has 2 N–H and O–H groups in total. The first kappa shape index (κ1) is 13.7. The fourth-order valence-electron chi connectivity index (χ4n) is 2.84. The van der Waals surface area contributed by atoms with Gasteiger partial charge in [0.1, 0.15) is 5.78 Å². The number of fused-ring (bicyclic) bond motifs is 1. The van der Waals surface area contributed by atoms with E-state index in [4.69, 9.17) is 5.73 Å². The van der Waals surface area contributed by atoms with Gasteiger partial charge in [0.2, 0.25) is 5.91 Å². The van der Waals surface area contributed by atoms with Gasteiger partial charge in [-0.05, 0) is 37.0 Å². The van der Waals surface area contributed by atoms with Crippen molar-refractivity contribution >= 4 is 11.7 Å². The highest BCUT2D eigenvalue weighted by Gasteiger charge is 2.31. The van der Waals surface area contributed by atoms with E-state index in [2.05, 4.69) is 13.0 Å². The van der Waals surface area contributed by atoms with Crippen molar-refractivity contribution in [2.24, 2.45) is 5.73 Å². The number of nitrogens with two attached hydrogens (primary N) is 1. The molecular weight excluding hydrogens is 240 g/mol. The van der Waals surface area contributed by atoms with Gasteiger partial charge in [-0.3, -0.25) is 9.59 Å². The number of nitrogens with zero attached hydrogens (tertiary/aromatic N) is 1. The van der Waals surface area contributed by atoms with Crippen LogP contribution in [0.4, 0.5) is 0 Å². The number of carbonyl (C=O) groups is 2. The van der Waals surface area contributed by atoms with E-state index in [1.165, 1.54) is 11.1 Å². The fraction of sp³-hybridized carbons (Fsp3) is 0.467. The molecule has 0 saturated heterocycles. The molecular formula is C15H20N2O2. The highest BCUT2D eigenvalue weighted by molar-refractivity contribution is 5.81. The Balaban J connectivity index is 2.42. The van der Waals surface area contributed by atoms with Crippen LogP contribution in [-0.2, 0) is 16.0 Å². The first-order valence-corrected chi connectivity index (χ1v) is 6.62. The Morgan fingerprint density at radius 2 is 2.16 bits per heavy atom. The van der Waals surface area contributed by atoms with E-state index in [-0.39, 0.29) is 24.3 Å². The van der Waals surface area contributed by atoms with E-state index in [0.717, 1.165) is 12.0 Å². The number of Topliss-reactive ketones (excluding diaryl/α,β-unsaturated/α-hetero) is 1. The van der Waals surface area contributed by atoms with Gasteiger partial charge in [-0.2, -0.15) is 0 Å². The predicted octanol–water partition coefficient (Wildman–Crippen LogP) is 1.36. The molecule has 1 atom stereocenters. The number of aryl methyl sites for hydroxylation is 1. The van der Waals surface area contributed by atoms with Crippen molar-refractivity contribution in [3.8, 4) is 0 Å². The third kappa shape index (κ3) is 2.68. The van der Waals surface area contributed by atoms with E-state index in [9.17, 15) is 9.59 Å². The Labute approximate surface area is 113 Å². The van der Waals surface area contributed by atoms with E-state index < -0.39 is 0 Å². The molecule has 0 aliphatic carbocycles. The lowest BCUT2D eigenvalue weighted by Crippen LogP contribution is -2.43. The summed E-state index contributed by atoms with van der Waals surface area (Å²) in [5, 5.41) is 0. The van der Waals surface area contributed by atoms with Gasteiger partial charge < -0.3 is 10.6 Å². The molecule has 1 heterocycles. The number of carbonyl (C=O) groups excluding carboxylic acids is 2. The van der Waals surface area contributed by atoms with Crippen LogP contribution >= 0.6 is 0 Å². The average Bonchev–Trinajstić information content (AvgIpc) is 2.38. The van der Waals surface area contributed by atoms with Gasteiger partial charge in [0.15, 0.2) is 0 Å². The van der Waals surface area contributed by atoms with Gasteiger partial charge in [-0.15, -0.1) is 0 Å². The largest absolute Gasteiger partial charge is 0.334 e. The van der Waals surface area contributed by atoms with Crippen LogP contribution in [0.25, 0.3) is 0 Å². The summed E-state index contributed by atoms with van der Waals surface area (Å²) in [7, 11) is 0. The van der Waals surface area contributed by atoms with Gasteiger partial charge in [0.25, 0.3) is 0 Å².